The molecule has 2 heterocycles. The highest BCUT2D eigenvalue weighted by Crippen LogP contribution is 2.28. The molecule has 4 rings (SSSR count). The fourth-order valence-corrected chi connectivity index (χ4v) is 3.14. The lowest BCUT2D eigenvalue weighted by atomic mass is 10.1. The molecule has 0 spiro atoms. The van der Waals surface area contributed by atoms with Crippen LogP contribution in [0.15, 0.2) is 61.1 Å². The molecule has 1 amide bonds. The van der Waals surface area contributed by atoms with Crippen molar-refractivity contribution in [1.82, 2.24) is 19.7 Å². The number of carbonyl (C=O) groups excluding carboxylic acids is 1. The number of imidazole rings is 1. The summed E-state index contributed by atoms with van der Waals surface area (Å²) in [7, 11) is 1.61. The second kappa shape index (κ2) is 9.41. The first-order chi connectivity index (χ1) is 14.6. The number of nitrogens with one attached hydrogen (secondary N) is 2. The first kappa shape index (κ1) is 21.3. The van der Waals surface area contributed by atoms with E-state index in [2.05, 4.69) is 20.6 Å². The van der Waals surface area contributed by atoms with E-state index in [1.54, 1.807) is 31.6 Å². The summed E-state index contributed by atoms with van der Waals surface area (Å²) in [5.41, 5.74) is 5.05. The van der Waals surface area contributed by atoms with Gasteiger partial charge in [0.05, 0.1) is 11.9 Å². The minimum Gasteiger partial charge on any atom is -0.355 e. The van der Waals surface area contributed by atoms with Gasteiger partial charge >= 0.3 is 0 Å². The summed E-state index contributed by atoms with van der Waals surface area (Å²) in [6, 6.07) is 13.1. The highest BCUT2D eigenvalue weighted by atomic mass is 35.5. The fraction of sp³-hybridized carbons (Fsp3) is 0.174. The number of halogens is 1. The van der Waals surface area contributed by atoms with Crippen LogP contribution in [0.25, 0.3) is 16.9 Å². The molecule has 0 saturated heterocycles. The second-order valence-electron chi connectivity index (χ2n) is 6.36. The van der Waals surface area contributed by atoms with E-state index in [1.165, 1.54) is 0 Å². The molecule has 0 aliphatic heterocycles. The number of hydrogen-bond donors (Lipinski definition) is 2. The Labute approximate surface area is 180 Å². The zero-order valence-corrected chi connectivity index (χ0v) is 18.2. The van der Waals surface area contributed by atoms with Gasteiger partial charge in [0.25, 0.3) is 5.91 Å². The smallest absolute Gasteiger partial charge is 0.251 e. The molecular formula is C23H24ClN5O. The summed E-state index contributed by atoms with van der Waals surface area (Å²) in [6.45, 7) is 5.97. The molecule has 6 nitrogen and oxygen atoms in total. The van der Waals surface area contributed by atoms with Gasteiger partial charge in [0.1, 0.15) is 0 Å². The number of carbonyl (C=O) groups is 1. The number of nitrogens with zero attached hydrogens (tertiary/aromatic N) is 3. The van der Waals surface area contributed by atoms with Gasteiger partial charge in [0.15, 0.2) is 11.5 Å². The lowest BCUT2D eigenvalue weighted by molar-refractivity contribution is 0.0963. The third kappa shape index (κ3) is 4.28. The number of amides is 1. The molecule has 2 aromatic heterocycles. The highest BCUT2D eigenvalue weighted by molar-refractivity contribution is 6.31. The van der Waals surface area contributed by atoms with Crippen LogP contribution < -0.4 is 10.6 Å². The molecule has 0 bridgehead atoms. The summed E-state index contributed by atoms with van der Waals surface area (Å²) < 4.78 is 1.97. The molecule has 0 saturated carbocycles. The number of hydrogen-bond acceptors (Lipinski definition) is 4. The quantitative estimate of drug-likeness (QED) is 0.457. The van der Waals surface area contributed by atoms with Crippen molar-refractivity contribution in [3.05, 3.63) is 77.2 Å². The van der Waals surface area contributed by atoms with Gasteiger partial charge < -0.3 is 10.6 Å². The fourth-order valence-electron chi connectivity index (χ4n) is 2.96. The largest absolute Gasteiger partial charge is 0.355 e. The van der Waals surface area contributed by atoms with Gasteiger partial charge in [-0.05, 0) is 42.8 Å². The molecule has 30 heavy (non-hydrogen) atoms. The Bertz CT molecular complexity index is 1170. The zero-order chi connectivity index (χ0) is 21.7. The molecule has 7 heteroatoms. The van der Waals surface area contributed by atoms with E-state index in [9.17, 15) is 4.79 Å². The number of rotatable bonds is 4. The van der Waals surface area contributed by atoms with Gasteiger partial charge in [-0.3, -0.25) is 9.20 Å². The number of aromatic nitrogens is 3. The Balaban J connectivity index is 0.00000124. The van der Waals surface area contributed by atoms with Crippen LogP contribution in [0.4, 0.5) is 11.5 Å². The molecule has 0 unspecified atom stereocenters. The van der Waals surface area contributed by atoms with E-state index in [1.807, 2.05) is 61.7 Å². The summed E-state index contributed by atoms with van der Waals surface area (Å²) in [5.74, 6) is 0.501. The van der Waals surface area contributed by atoms with Crippen LogP contribution in [0.2, 0.25) is 5.02 Å². The predicted molar refractivity (Wildman–Crippen MR) is 123 cm³/mol. The Morgan fingerprint density at radius 1 is 1.07 bits per heavy atom. The SMILES string of the molecule is CC.CNC(=O)c1ccc(Nc2nccn3c(-c4ccc(C)c(Cl)c4)cnc23)cc1. The molecule has 2 N–H and O–H groups in total. The van der Waals surface area contributed by atoms with Crippen LogP contribution in [-0.4, -0.2) is 27.3 Å². The van der Waals surface area contributed by atoms with E-state index in [0.29, 0.717) is 17.0 Å². The third-order valence-electron chi connectivity index (χ3n) is 4.53. The molecule has 2 aromatic carbocycles. The maximum absolute atomic E-state index is 11.7. The van der Waals surface area contributed by atoms with E-state index < -0.39 is 0 Å². The molecule has 0 atom stereocenters. The number of benzene rings is 2. The average Bonchev–Trinajstić information content (AvgIpc) is 3.22. The van der Waals surface area contributed by atoms with E-state index in [4.69, 9.17) is 11.6 Å². The predicted octanol–water partition coefficient (Wildman–Crippen LogP) is 5.49. The maximum Gasteiger partial charge on any atom is 0.251 e. The minimum absolute atomic E-state index is 0.124. The van der Waals surface area contributed by atoms with Crippen LogP contribution in [0.5, 0.6) is 0 Å². The normalized spacial score (nSPS) is 10.3. The molecule has 0 fully saturated rings. The van der Waals surface area contributed by atoms with Crippen molar-refractivity contribution in [2.45, 2.75) is 20.8 Å². The van der Waals surface area contributed by atoms with Crippen molar-refractivity contribution in [3.63, 3.8) is 0 Å². The van der Waals surface area contributed by atoms with Gasteiger partial charge in [-0.1, -0.05) is 37.6 Å². The molecule has 4 aromatic rings. The number of fused-ring (bicyclic) bond motifs is 1. The Hall–Kier alpha value is -3.38. The van der Waals surface area contributed by atoms with E-state index >= 15 is 0 Å². The van der Waals surface area contributed by atoms with Crippen molar-refractivity contribution in [2.24, 2.45) is 0 Å². The maximum atomic E-state index is 11.7. The Morgan fingerprint density at radius 3 is 2.47 bits per heavy atom. The number of aryl methyl sites for hydroxylation is 1. The van der Waals surface area contributed by atoms with Gasteiger partial charge in [0.2, 0.25) is 0 Å². The first-order valence-electron chi connectivity index (χ1n) is 9.74. The molecule has 0 radical (unpaired) electrons. The van der Waals surface area contributed by atoms with Crippen LogP contribution >= 0.6 is 11.6 Å². The summed E-state index contributed by atoms with van der Waals surface area (Å²) in [5, 5.41) is 6.59. The molecule has 0 aliphatic rings. The summed E-state index contributed by atoms with van der Waals surface area (Å²) in [4.78, 5) is 20.6. The van der Waals surface area contributed by atoms with E-state index in [-0.39, 0.29) is 5.91 Å². The topological polar surface area (TPSA) is 71.3 Å². The highest BCUT2D eigenvalue weighted by Gasteiger charge is 2.12. The summed E-state index contributed by atoms with van der Waals surface area (Å²) >= 11 is 6.28. The standard InChI is InChI=1S/C21H18ClN5O.C2H6/c1-13-3-4-15(11-17(13)22)18-12-25-20-19(24-9-10-27(18)20)26-16-7-5-14(6-8-16)21(28)23-2;1-2/h3-12H,1-2H3,(H,23,28)(H,24,26);1-2H3. The molecular weight excluding hydrogens is 398 g/mol. The second-order valence-corrected chi connectivity index (χ2v) is 6.77. The monoisotopic (exact) mass is 421 g/mol. The lowest BCUT2D eigenvalue weighted by Gasteiger charge is -2.09. The average molecular weight is 422 g/mol. The van der Waals surface area contributed by atoms with Crippen LogP contribution in [-0.2, 0) is 0 Å². The van der Waals surface area contributed by atoms with Crippen LogP contribution in [0.1, 0.15) is 29.8 Å². The van der Waals surface area contributed by atoms with Crippen molar-refractivity contribution in [2.75, 3.05) is 12.4 Å². The van der Waals surface area contributed by atoms with Crippen molar-refractivity contribution < 1.29 is 4.79 Å². The molecule has 0 aliphatic carbocycles. The first-order valence-corrected chi connectivity index (χ1v) is 10.1. The van der Waals surface area contributed by atoms with Gasteiger partial charge in [-0.15, -0.1) is 0 Å². The minimum atomic E-state index is -0.124. The number of anilines is 2. The van der Waals surface area contributed by atoms with Crippen molar-refractivity contribution in [3.8, 4) is 11.3 Å². The van der Waals surface area contributed by atoms with Gasteiger partial charge in [-0.25, -0.2) is 9.97 Å². The Morgan fingerprint density at radius 2 is 1.80 bits per heavy atom. The Kier molecular flexibility index (Phi) is 6.69. The van der Waals surface area contributed by atoms with Crippen LogP contribution in [0.3, 0.4) is 0 Å². The third-order valence-corrected chi connectivity index (χ3v) is 4.94. The van der Waals surface area contributed by atoms with Gasteiger partial charge in [0, 0.05) is 41.3 Å². The van der Waals surface area contributed by atoms with E-state index in [0.717, 1.165) is 27.5 Å². The van der Waals surface area contributed by atoms with Gasteiger partial charge in [-0.2, -0.15) is 0 Å². The lowest BCUT2D eigenvalue weighted by Crippen LogP contribution is -2.17. The molecule has 154 valence electrons. The summed E-state index contributed by atoms with van der Waals surface area (Å²) in [6.07, 6.45) is 5.39. The zero-order valence-electron chi connectivity index (χ0n) is 17.4. The van der Waals surface area contributed by atoms with Crippen molar-refractivity contribution in [1.29, 1.82) is 0 Å². The van der Waals surface area contributed by atoms with Crippen LogP contribution in [0, 0.1) is 6.92 Å². The van der Waals surface area contributed by atoms with Crippen molar-refractivity contribution >= 4 is 34.7 Å².